The summed E-state index contributed by atoms with van der Waals surface area (Å²) in [7, 11) is 0. The van der Waals surface area contributed by atoms with Gasteiger partial charge in [-0.05, 0) is 18.2 Å². The summed E-state index contributed by atoms with van der Waals surface area (Å²) >= 11 is 0. The van der Waals surface area contributed by atoms with E-state index in [2.05, 4.69) is 6.58 Å². The average Bonchev–Trinajstić information content (AvgIpc) is 2.69. The van der Waals surface area contributed by atoms with Crippen molar-refractivity contribution in [2.45, 2.75) is 6.42 Å². The molecule has 1 aliphatic rings. The van der Waals surface area contributed by atoms with Gasteiger partial charge in [-0.3, -0.25) is 4.79 Å². The second-order valence-electron chi connectivity index (χ2n) is 4.01. The van der Waals surface area contributed by atoms with Crippen molar-refractivity contribution >= 4 is 11.6 Å². The Balaban J connectivity index is 2.35. The van der Waals surface area contributed by atoms with E-state index in [9.17, 15) is 9.18 Å². The summed E-state index contributed by atoms with van der Waals surface area (Å²) in [6, 6.07) is 5.81. The molecule has 17 heavy (non-hydrogen) atoms. The minimum atomic E-state index is -0.506. The maximum absolute atomic E-state index is 13.3. The third-order valence-electron chi connectivity index (χ3n) is 2.81. The number of rotatable bonds is 2. The highest BCUT2D eigenvalue weighted by molar-refractivity contribution is 5.96. The molecule has 2 rings (SSSR count). The van der Waals surface area contributed by atoms with Crippen LogP contribution in [0.1, 0.15) is 12.0 Å². The molecule has 1 amide bonds. The van der Waals surface area contributed by atoms with Crippen LogP contribution < -0.4 is 4.90 Å². The molecule has 0 aliphatic carbocycles. The van der Waals surface area contributed by atoms with Crippen LogP contribution in [0.15, 0.2) is 30.9 Å². The summed E-state index contributed by atoms with van der Waals surface area (Å²) in [5.41, 5.74) is 0.658. The van der Waals surface area contributed by atoms with Crippen molar-refractivity contribution in [2.24, 2.45) is 5.92 Å². The van der Waals surface area contributed by atoms with E-state index >= 15 is 0 Å². The number of halogens is 1. The van der Waals surface area contributed by atoms with Gasteiger partial charge in [-0.25, -0.2) is 4.39 Å². The van der Waals surface area contributed by atoms with Gasteiger partial charge in [-0.15, -0.1) is 6.58 Å². The predicted molar refractivity (Wildman–Crippen MR) is 61.8 cm³/mol. The standard InChI is InChI=1S/C13H11FN2O/c1-2-9-5-13(17)16(8-9)12-4-10(7-15)3-11(14)6-12/h2-4,6,9H,1,5,8H2. The van der Waals surface area contributed by atoms with Gasteiger partial charge in [0.15, 0.2) is 0 Å². The Hall–Kier alpha value is -2.15. The van der Waals surface area contributed by atoms with Crippen LogP contribution in [0.5, 0.6) is 0 Å². The van der Waals surface area contributed by atoms with E-state index in [1.165, 1.54) is 17.0 Å². The number of benzene rings is 1. The van der Waals surface area contributed by atoms with Crippen LogP contribution in [-0.4, -0.2) is 12.5 Å². The summed E-state index contributed by atoms with van der Waals surface area (Å²) in [6.45, 7) is 4.15. The highest BCUT2D eigenvalue weighted by atomic mass is 19.1. The van der Waals surface area contributed by atoms with E-state index < -0.39 is 5.82 Å². The molecule has 1 atom stereocenters. The molecule has 0 spiro atoms. The number of amides is 1. The fourth-order valence-electron chi connectivity index (χ4n) is 1.94. The summed E-state index contributed by atoms with van der Waals surface area (Å²) in [5, 5.41) is 8.76. The van der Waals surface area contributed by atoms with Crippen LogP contribution in [0.2, 0.25) is 0 Å². The Morgan fingerprint density at radius 1 is 1.53 bits per heavy atom. The Kier molecular flexibility index (Phi) is 2.92. The van der Waals surface area contributed by atoms with Gasteiger partial charge >= 0.3 is 0 Å². The Bertz CT molecular complexity index is 519. The van der Waals surface area contributed by atoms with Gasteiger partial charge in [0.2, 0.25) is 5.91 Å². The molecule has 1 aromatic carbocycles. The molecular formula is C13H11FN2O. The maximum Gasteiger partial charge on any atom is 0.227 e. The van der Waals surface area contributed by atoms with E-state index in [0.29, 0.717) is 18.7 Å². The van der Waals surface area contributed by atoms with Crippen LogP contribution >= 0.6 is 0 Å². The number of nitriles is 1. The van der Waals surface area contributed by atoms with Gasteiger partial charge in [-0.2, -0.15) is 5.26 Å². The van der Waals surface area contributed by atoms with Crippen molar-refractivity contribution in [1.82, 2.24) is 0 Å². The summed E-state index contributed by atoms with van der Waals surface area (Å²) in [6.07, 6.45) is 2.12. The number of nitrogens with zero attached hydrogens (tertiary/aromatic N) is 2. The lowest BCUT2D eigenvalue weighted by Crippen LogP contribution is -2.24. The highest BCUT2D eigenvalue weighted by Gasteiger charge is 2.29. The number of hydrogen-bond donors (Lipinski definition) is 0. The smallest absolute Gasteiger partial charge is 0.227 e. The Morgan fingerprint density at radius 2 is 2.29 bits per heavy atom. The topological polar surface area (TPSA) is 44.1 Å². The molecule has 0 saturated carbocycles. The molecule has 3 nitrogen and oxygen atoms in total. The number of carbonyl (C=O) groups excluding carboxylic acids is 1. The van der Waals surface area contributed by atoms with Gasteiger partial charge < -0.3 is 4.90 Å². The van der Waals surface area contributed by atoms with Crippen molar-refractivity contribution in [2.75, 3.05) is 11.4 Å². The van der Waals surface area contributed by atoms with Crippen molar-refractivity contribution in [3.05, 3.63) is 42.2 Å². The molecule has 0 N–H and O–H groups in total. The molecular weight excluding hydrogens is 219 g/mol. The van der Waals surface area contributed by atoms with Crippen LogP contribution in [0, 0.1) is 23.1 Å². The van der Waals surface area contributed by atoms with E-state index in [-0.39, 0.29) is 17.4 Å². The molecule has 1 unspecified atom stereocenters. The lowest BCUT2D eigenvalue weighted by molar-refractivity contribution is -0.117. The molecule has 1 fully saturated rings. The lowest BCUT2D eigenvalue weighted by atomic mass is 10.1. The van der Waals surface area contributed by atoms with Crippen LogP contribution in [0.3, 0.4) is 0 Å². The zero-order chi connectivity index (χ0) is 12.4. The lowest BCUT2D eigenvalue weighted by Gasteiger charge is -2.16. The van der Waals surface area contributed by atoms with E-state index in [4.69, 9.17) is 5.26 Å². The molecule has 86 valence electrons. The van der Waals surface area contributed by atoms with Crippen molar-refractivity contribution < 1.29 is 9.18 Å². The third kappa shape index (κ3) is 2.18. The summed E-state index contributed by atoms with van der Waals surface area (Å²) in [5.74, 6) is -0.477. The SMILES string of the molecule is C=CC1CC(=O)N(c2cc(F)cc(C#N)c2)C1. The number of carbonyl (C=O) groups is 1. The average molecular weight is 230 g/mol. The van der Waals surface area contributed by atoms with Gasteiger partial charge in [0, 0.05) is 24.6 Å². The van der Waals surface area contributed by atoms with E-state index in [0.717, 1.165) is 6.07 Å². The molecule has 1 aliphatic heterocycles. The van der Waals surface area contributed by atoms with Crippen LogP contribution in [0.4, 0.5) is 10.1 Å². The quantitative estimate of drug-likeness (QED) is 0.731. The maximum atomic E-state index is 13.3. The first-order valence-corrected chi connectivity index (χ1v) is 5.27. The number of hydrogen-bond acceptors (Lipinski definition) is 2. The Morgan fingerprint density at radius 3 is 2.88 bits per heavy atom. The van der Waals surface area contributed by atoms with Crippen molar-refractivity contribution in [3.63, 3.8) is 0 Å². The number of anilines is 1. The van der Waals surface area contributed by atoms with Gasteiger partial charge in [0.05, 0.1) is 11.6 Å². The zero-order valence-corrected chi connectivity index (χ0v) is 9.19. The minimum absolute atomic E-state index is 0.0654. The zero-order valence-electron chi connectivity index (χ0n) is 9.19. The Labute approximate surface area is 98.8 Å². The predicted octanol–water partition coefficient (Wildman–Crippen LogP) is 2.24. The molecule has 1 saturated heterocycles. The second-order valence-corrected chi connectivity index (χ2v) is 4.01. The van der Waals surface area contributed by atoms with Crippen molar-refractivity contribution in [1.29, 1.82) is 5.26 Å². The first-order valence-electron chi connectivity index (χ1n) is 5.27. The first kappa shape index (κ1) is 11.3. The second kappa shape index (κ2) is 4.38. The molecule has 0 aromatic heterocycles. The van der Waals surface area contributed by atoms with E-state index in [1.807, 2.05) is 6.07 Å². The normalized spacial score (nSPS) is 19.2. The first-order chi connectivity index (χ1) is 8.13. The van der Waals surface area contributed by atoms with Gasteiger partial charge in [0.1, 0.15) is 5.82 Å². The molecule has 1 aromatic rings. The van der Waals surface area contributed by atoms with Crippen LogP contribution in [-0.2, 0) is 4.79 Å². The fourth-order valence-corrected chi connectivity index (χ4v) is 1.94. The molecule has 0 bridgehead atoms. The highest BCUT2D eigenvalue weighted by Crippen LogP contribution is 2.26. The fraction of sp³-hybridized carbons (Fsp3) is 0.231. The van der Waals surface area contributed by atoms with Gasteiger partial charge in [-0.1, -0.05) is 6.08 Å². The molecule has 1 heterocycles. The summed E-state index contributed by atoms with van der Waals surface area (Å²) in [4.78, 5) is 13.2. The van der Waals surface area contributed by atoms with E-state index in [1.54, 1.807) is 6.08 Å². The monoisotopic (exact) mass is 230 g/mol. The third-order valence-corrected chi connectivity index (χ3v) is 2.81. The largest absolute Gasteiger partial charge is 0.312 e. The van der Waals surface area contributed by atoms with Crippen molar-refractivity contribution in [3.8, 4) is 6.07 Å². The molecule has 4 heteroatoms. The van der Waals surface area contributed by atoms with Gasteiger partial charge in [0.25, 0.3) is 0 Å². The minimum Gasteiger partial charge on any atom is -0.312 e. The summed E-state index contributed by atoms with van der Waals surface area (Å²) < 4.78 is 13.3. The van der Waals surface area contributed by atoms with Crippen LogP contribution in [0.25, 0.3) is 0 Å². The molecule has 0 radical (unpaired) electrons.